The molecule has 1 amide bonds. The number of pyridine rings is 2. The molecule has 0 aliphatic rings. The van der Waals surface area contributed by atoms with Crippen LogP contribution in [0.5, 0.6) is 0 Å². The summed E-state index contributed by atoms with van der Waals surface area (Å²) >= 11 is 11.8. The number of nitrogens with zero attached hydrogens (tertiary/aromatic N) is 2. The van der Waals surface area contributed by atoms with Crippen LogP contribution in [0.15, 0.2) is 72.9 Å². The minimum absolute atomic E-state index is 0.132. The topological polar surface area (TPSA) is 81.2 Å². The normalized spacial score (nSPS) is 10.6. The van der Waals surface area contributed by atoms with Gasteiger partial charge in [0.25, 0.3) is 5.91 Å². The molecule has 0 bridgehead atoms. The number of hydrogen-bond acceptors (Lipinski definition) is 5. The van der Waals surface area contributed by atoms with Crippen LogP contribution in [0, 0.1) is 0 Å². The SMILES string of the molecule is O=C(COC(=O)c1cc(-c2ccccc2)nc2ccccc12)Nc1ncc(Cl)cc1Cl. The van der Waals surface area contributed by atoms with Gasteiger partial charge in [0.15, 0.2) is 12.4 Å². The number of rotatable bonds is 5. The molecular weight excluding hydrogens is 437 g/mol. The molecule has 2 heterocycles. The minimum Gasteiger partial charge on any atom is -0.452 e. The lowest BCUT2D eigenvalue weighted by Crippen LogP contribution is -2.21. The van der Waals surface area contributed by atoms with E-state index >= 15 is 0 Å². The summed E-state index contributed by atoms with van der Waals surface area (Å²) < 4.78 is 5.25. The summed E-state index contributed by atoms with van der Waals surface area (Å²) in [5.74, 6) is -1.08. The predicted octanol–water partition coefficient (Wildman–Crippen LogP) is 5.40. The molecular formula is C23H15Cl2N3O3. The average molecular weight is 452 g/mol. The van der Waals surface area contributed by atoms with Gasteiger partial charge in [0.2, 0.25) is 0 Å². The maximum Gasteiger partial charge on any atom is 0.339 e. The first kappa shape index (κ1) is 20.8. The van der Waals surface area contributed by atoms with E-state index in [0.29, 0.717) is 27.2 Å². The molecule has 0 spiro atoms. The van der Waals surface area contributed by atoms with Gasteiger partial charge in [0.05, 0.1) is 26.8 Å². The molecule has 2 aromatic carbocycles. The van der Waals surface area contributed by atoms with Gasteiger partial charge in [-0.05, 0) is 18.2 Å². The second-order valence-electron chi connectivity index (χ2n) is 6.55. The van der Waals surface area contributed by atoms with Gasteiger partial charge in [-0.15, -0.1) is 0 Å². The van der Waals surface area contributed by atoms with Crippen molar-refractivity contribution in [1.82, 2.24) is 9.97 Å². The number of amides is 1. The minimum atomic E-state index is -0.638. The molecule has 4 rings (SSSR count). The Morgan fingerprint density at radius 3 is 2.48 bits per heavy atom. The van der Waals surface area contributed by atoms with Gasteiger partial charge in [-0.1, -0.05) is 71.7 Å². The van der Waals surface area contributed by atoms with Crippen molar-refractivity contribution < 1.29 is 14.3 Å². The Morgan fingerprint density at radius 1 is 0.968 bits per heavy atom. The van der Waals surface area contributed by atoms with E-state index in [-0.39, 0.29) is 10.8 Å². The highest BCUT2D eigenvalue weighted by Crippen LogP contribution is 2.26. The molecule has 4 aromatic rings. The third-order valence-electron chi connectivity index (χ3n) is 4.41. The van der Waals surface area contributed by atoms with Crippen molar-refractivity contribution in [1.29, 1.82) is 0 Å². The number of nitrogens with one attached hydrogen (secondary N) is 1. The van der Waals surface area contributed by atoms with Gasteiger partial charge in [-0.3, -0.25) is 4.79 Å². The van der Waals surface area contributed by atoms with Crippen molar-refractivity contribution in [3.05, 3.63) is 88.5 Å². The second kappa shape index (κ2) is 9.12. The van der Waals surface area contributed by atoms with E-state index in [4.69, 9.17) is 27.9 Å². The van der Waals surface area contributed by atoms with Crippen LogP contribution in [0.1, 0.15) is 10.4 Å². The van der Waals surface area contributed by atoms with Crippen molar-refractivity contribution >= 4 is 51.8 Å². The Labute approximate surface area is 187 Å². The van der Waals surface area contributed by atoms with Crippen LogP contribution in [0.3, 0.4) is 0 Å². The van der Waals surface area contributed by atoms with Gasteiger partial charge in [0.1, 0.15) is 0 Å². The van der Waals surface area contributed by atoms with Crippen LogP contribution in [0.2, 0.25) is 10.0 Å². The van der Waals surface area contributed by atoms with Crippen molar-refractivity contribution in [3.63, 3.8) is 0 Å². The third-order valence-corrected chi connectivity index (χ3v) is 4.90. The van der Waals surface area contributed by atoms with E-state index in [1.807, 2.05) is 48.5 Å². The second-order valence-corrected chi connectivity index (χ2v) is 7.39. The number of esters is 1. The summed E-state index contributed by atoms with van der Waals surface area (Å²) in [5.41, 5.74) is 2.47. The molecule has 0 aliphatic heterocycles. The average Bonchev–Trinajstić information content (AvgIpc) is 2.79. The number of anilines is 1. The van der Waals surface area contributed by atoms with E-state index in [1.165, 1.54) is 12.3 Å². The number of hydrogen-bond donors (Lipinski definition) is 1. The molecule has 0 atom stereocenters. The quantitative estimate of drug-likeness (QED) is 0.410. The zero-order chi connectivity index (χ0) is 21.8. The molecule has 0 fully saturated rings. The lowest BCUT2D eigenvalue weighted by atomic mass is 10.0. The molecule has 0 saturated carbocycles. The van der Waals surface area contributed by atoms with E-state index in [0.717, 1.165) is 5.56 Å². The summed E-state index contributed by atoms with van der Waals surface area (Å²) in [6, 6.07) is 19.9. The fourth-order valence-electron chi connectivity index (χ4n) is 2.98. The number of halogens is 2. The number of aromatic nitrogens is 2. The molecule has 1 N–H and O–H groups in total. The van der Waals surface area contributed by atoms with Crippen molar-refractivity contribution in [2.45, 2.75) is 0 Å². The van der Waals surface area contributed by atoms with Gasteiger partial charge < -0.3 is 10.1 Å². The molecule has 2 aromatic heterocycles. The fourth-order valence-corrected chi connectivity index (χ4v) is 3.41. The maximum atomic E-state index is 12.8. The van der Waals surface area contributed by atoms with Crippen molar-refractivity contribution in [2.75, 3.05) is 11.9 Å². The third kappa shape index (κ3) is 4.82. The van der Waals surface area contributed by atoms with Crippen LogP contribution in [-0.4, -0.2) is 28.5 Å². The van der Waals surface area contributed by atoms with Crippen LogP contribution < -0.4 is 5.32 Å². The lowest BCUT2D eigenvalue weighted by Gasteiger charge is -2.11. The number of ether oxygens (including phenoxy) is 1. The van der Waals surface area contributed by atoms with Crippen molar-refractivity contribution in [2.24, 2.45) is 0 Å². The highest BCUT2D eigenvalue weighted by Gasteiger charge is 2.17. The standard InChI is InChI=1S/C23H15Cl2N3O3/c24-15-10-18(25)22(26-12-15)28-21(29)13-31-23(30)17-11-20(14-6-2-1-3-7-14)27-19-9-5-4-8-16(17)19/h1-12H,13H2,(H,26,28,29). The molecule has 0 radical (unpaired) electrons. The lowest BCUT2D eigenvalue weighted by molar-refractivity contribution is -0.119. The number of benzene rings is 2. The summed E-state index contributed by atoms with van der Waals surface area (Å²) in [7, 11) is 0. The van der Waals surface area contributed by atoms with Crippen LogP contribution >= 0.6 is 23.2 Å². The van der Waals surface area contributed by atoms with Gasteiger partial charge in [0, 0.05) is 17.1 Å². The van der Waals surface area contributed by atoms with E-state index in [2.05, 4.69) is 15.3 Å². The largest absolute Gasteiger partial charge is 0.452 e. The Kier molecular flexibility index (Phi) is 6.11. The van der Waals surface area contributed by atoms with E-state index in [9.17, 15) is 9.59 Å². The Morgan fingerprint density at radius 2 is 1.71 bits per heavy atom. The number of para-hydroxylation sites is 1. The monoisotopic (exact) mass is 451 g/mol. The Balaban J connectivity index is 1.55. The first-order chi connectivity index (χ1) is 15.0. The van der Waals surface area contributed by atoms with E-state index < -0.39 is 18.5 Å². The molecule has 31 heavy (non-hydrogen) atoms. The molecule has 0 aliphatic carbocycles. The molecule has 6 nitrogen and oxygen atoms in total. The fraction of sp³-hybridized carbons (Fsp3) is 0.0435. The van der Waals surface area contributed by atoms with Gasteiger partial charge >= 0.3 is 5.97 Å². The number of carbonyl (C=O) groups is 2. The number of carbonyl (C=O) groups excluding carboxylic acids is 2. The van der Waals surface area contributed by atoms with Gasteiger partial charge in [-0.25, -0.2) is 14.8 Å². The van der Waals surface area contributed by atoms with Crippen molar-refractivity contribution in [3.8, 4) is 11.3 Å². The molecule has 154 valence electrons. The predicted molar refractivity (Wildman–Crippen MR) is 120 cm³/mol. The zero-order valence-corrected chi connectivity index (χ0v) is 17.5. The Bertz CT molecular complexity index is 1280. The first-order valence-corrected chi connectivity index (χ1v) is 10.00. The van der Waals surface area contributed by atoms with Crippen LogP contribution in [-0.2, 0) is 9.53 Å². The van der Waals surface area contributed by atoms with E-state index in [1.54, 1.807) is 12.1 Å². The first-order valence-electron chi connectivity index (χ1n) is 9.24. The van der Waals surface area contributed by atoms with Gasteiger partial charge in [-0.2, -0.15) is 0 Å². The summed E-state index contributed by atoms with van der Waals surface area (Å²) in [6.45, 7) is -0.503. The highest BCUT2D eigenvalue weighted by atomic mass is 35.5. The summed E-state index contributed by atoms with van der Waals surface area (Å²) in [5, 5.41) is 3.64. The molecule has 0 unspecified atom stereocenters. The summed E-state index contributed by atoms with van der Waals surface area (Å²) in [4.78, 5) is 33.6. The molecule has 8 heteroatoms. The maximum absolute atomic E-state index is 12.8. The number of fused-ring (bicyclic) bond motifs is 1. The van der Waals surface area contributed by atoms with Crippen LogP contribution in [0.4, 0.5) is 5.82 Å². The highest BCUT2D eigenvalue weighted by molar-refractivity contribution is 6.36. The zero-order valence-electron chi connectivity index (χ0n) is 16.0. The smallest absolute Gasteiger partial charge is 0.339 e. The van der Waals surface area contributed by atoms with Crippen LogP contribution in [0.25, 0.3) is 22.2 Å². The Hall–Kier alpha value is -3.48. The molecule has 0 saturated heterocycles. The summed E-state index contributed by atoms with van der Waals surface area (Å²) in [6.07, 6.45) is 1.35.